The minimum absolute atomic E-state index is 0.0280. The lowest BCUT2D eigenvalue weighted by Gasteiger charge is -2.19. The van der Waals surface area contributed by atoms with Gasteiger partial charge in [-0.3, -0.25) is 9.59 Å². The maximum absolute atomic E-state index is 13.2. The van der Waals surface area contributed by atoms with Gasteiger partial charge in [0.2, 0.25) is 10.0 Å². The number of benzene rings is 2. The lowest BCUT2D eigenvalue weighted by atomic mass is 10.0. The van der Waals surface area contributed by atoms with Crippen LogP contribution >= 0.6 is 11.6 Å². The van der Waals surface area contributed by atoms with Gasteiger partial charge in [-0.1, -0.05) is 62.8 Å². The summed E-state index contributed by atoms with van der Waals surface area (Å²) in [6.45, 7) is 2.01. The van der Waals surface area contributed by atoms with E-state index in [0.29, 0.717) is 29.8 Å². The maximum Gasteiger partial charge on any atom is 0.303 e. The molecule has 0 aliphatic heterocycles. The highest BCUT2D eigenvalue weighted by Crippen LogP contribution is 2.22. The second-order valence-corrected chi connectivity index (χ2v) is 10.3. The second kappa shape index (κ2) is 13.5. The van der Waals surface area contributed by atoms with Crippen LogP contribution in [0.3, 0.4) is 0 Å². The number of halogens is 1. The Labute approximate surface area is 201 Å². The molecular weight excluding hydrogens is 462 g/mol. The van der Waals surface area contributed by atoms with Crippen molar-refractivity contribution in [2.45, 2.75) is 75.6 Å². The number of ketones is 1. The summed E-state index contributed by atoms with van der Waals surface area (Å²) in [5.41, 5.74) is 0.496. The molecule has 0 spiro atoms. The molecule has 33 heavy (non-hydrogen) atoms. The third-order valence-electron chi connectivity index (χ3n) is 5.43. The van der Waals surface area contributed by atoms with Gasteiger partial charge in [0.15, 0.2) is 5.78 Å². The lowest BCUT2D eigenvalue weighted by molar-refractivity contribution is -0.137. The van der Waals surface area contributed by atoms with E-state index in [1.54, 1.807) is 36.4 Å². The van der Waals surface area contributed by atoms with E-state index in [0.717, 1.165) is 32.1 Å². The number of nitrogens with one attached hydrogen (secondary N) is 1. The molecule has 0 aliphatic carbocycles. The molecule has 0 saturated carbocycles. The van der Waals surface area contributed by atoms with Crippen LogP contribution in [0.1, 0.15) is 80.6 Å². The fourth-order valence-electron chi connectivity index (χ4n) is 3.74. The van der Waals surface area contributed by atoms with Gasteiger partial charge in [-0.15, -0.1) is 0 Å². The third kappa shape index (κ3) is 8.91. The number of aliphatic carboxylic acids is 1. The maximum atomic E-state index is 13.2. The fraction of sp³-hybridized carbons (Fsp3) is 0.440. The van der Waals surface area contributed by atoms with E-state index in [9.17, 15) is 18.0 Å². The lowest BCUT2D eigenvalue weighted by Crippen LogP contribution is -2.35. The smallest absolute Gasteiger partial charge is 0.303 e. The number of carbonyl (C=O) groups is 2. The first-order valence-electron chi connectivity index (χ1n) is 11.4. The number of carboxylic acids is 1. The van der Waals surface area contributed by atoms with E-state index in [-0.39, 0.29) is 28.7 Å². The molecule has 1 unspecified atom stereocenters. The number of sulfonamides is 1. The van der Waals surface area contributed by atoms with E-state index in [2.05, 4.69) is 4.72 Å². The third-order valence-corrected chi connectivity index (χ3v) is 7.26. The molecule has 2 rings (SSSR count). The van der Waals surface area contributed by atoms with Crippen molar-refractivity contribution >= 4 is 33.4 Å². The Balaban J connectivity index is 2.05. The van der Waals surface area contributed by atoms with E-state index in [1.807, 2.05) is 6.92 Å². The summed E-state index contributed by atoms with van der Waals surface area (Å²) in [4.78, 5) is 23.5. The predicted molar refractivity (Wildman–Crippen MR) is 130 cm³/mol. The monoisotopic (exact) mass is 493 g/mol. The summed E-state index contributed by atoms with van der Waals surface area (Å²) >= 11 is 5.90. The topological polar surface area (TPSA) is 101 Å². The zero-order chi connectivity index (χ0) is 24.3. The second-order valence-electron chi connectivity index (χ2n) is 8.14. The Morgan fingerprint density at radius 1 is 0.939 bits per heavy atom. The van der Waals surface area contributed by atoms with Crippen LogP contribution in [-0.4, -0.2) is 31.3 Å². The molecule has 0 fully saturated rings. The van der Waals surface area contributed by atoms with Gasteiger partial charge in [0, 0.05) is 28.6 Å². The van der Waals surface area contributed by atoms with Gasteiger partial charge in [-0.05, 0) is 55.7 Å². The Kier molecular flexibility index (Phi) is 11.0. The summed E-state index contributed by atoms with van der Waals surface area (Å²) in [6.07, 6.45) is 6.64. The van der Waals surface area contributed by atoms with Gasteiger partial charge in [-0.25, -0.2) is 13.1 Å². The highest BCUT2D eigenvalue weighted by Gasteiger charge is 2.25. The first-order chi connectivity index (χ1) is 15.7. The zero-order valence-corrected chi connectivity index (χ0v) is 20.5. The largest absolute Gasteiger partial charge is 0.481 e. The Morgan fingerprint density at radius 3 is 2.24 bits per heavy atom. The number of hydrogen-bond acceptors (Lipinski definition) is 4. The molecule has 1 atom stereocenters. The Morgan fingerprint density at radius 2 is 1.58 bits per heavy atom. The summed E-state index contributed by atoms with van der Waals surface area (Å²) in [6, 6.07) is 12.4. The summed E-state index contributed by atoms with van der Waals surface area (Å²) < 4.78 is 29.3. The van der Waals surface area contributed by atoms with Gasteiger partial charge in [0.25, 0.3) is 0 Å². The minimum atomic E-state index is -3.90. The van der Waals surface area contributed by atoms with Crippen LogP contribution in [0.5, 0.6) is 0 Å². The average molecular weight is 494 g/mol. The molecule has 0 bridgehead atoms. The van der Waals surface area contributed by atoms with Crippen LogP contribution in [0.2, 0.25) is 5.02 Å². The van der Waals surface area contributed by atoms with E-state index in [1.165, 1.54) is 12.1 Å². The molecule has 2 N–H and O–H groups in total. The van der Waals surface area contributed by atoms with Crippen molar-refractivity contribution in [1.82, 2.24) is 4.72 Å². The standard InChI is InChI=1S/C25H32ClNO5S/c1-2-10-21(11-6-4-3-5-7-14-24(28)29)27-33(31,32)23-13-9-8-12-22(23)25(30)19-15-17-20(26)18-16-19/h8-9,12-13,15-18,21,27H,2-7,10-11,14H2,1H3,(H,28,29). The molecular formula is C25H32ClNO5S. The van der Waals surface area contributed by atoms with Crippen molar-refractivity contribution < 1.29 is 23.1 Å². The van der Waals surface area contributed by atoms with Crippen LogP contribution in [0, 0.1) is 0 Å². The number of carboxylic acid groups (broad SMARTS) is 1. The van der Waals surface area contributed by atoms with E-state index in [4.69, 9.17) is 16.7 Å². The van der Waals surface area contributed by atoms with Crippen molar-refractivity contribution in [2.75, 3.05) is 0 Å². The molecule has 180 valence electrons. The van der Waals surface area contributed by atoms with Gasteiger partial charge < -0.3 is 5.11 Å². The summed E-state index contributed by atoms with van der Waals surface area (Å²) in [5.74, 6) is -1.15. The quantitative estimate of drug-likeness (QED) is 0.240. The van der Waals surface area contributed by atoms with Gasteiger partial charge in [0.05, 0.1) is 4.90 Å². The molecule has 2 aromatic carbocycles. The minimum Gasteiger partial charge on any atom is -0.481 e. The molecule has 0 aliphatic rings. The van der Waals surface area contributed by atoms with Gasteiger partial charge in [0.1, 0.15) is 0 Å². The number of carbonyl (C=O) groups excluding carboxylic acids is 1. The molecule has 8 heteroatoms. The SMILES string of the molecule is CCCC(CCCCCCCC(=O)O)NS(=O)(=O)c1ccccc1C(=O)c1ccc(Cl)cc1. The summed E-state index contributed by atoms with van der Waals surface area (Å²) in [5, 5.41) is 9.19. The van der Waals surface area contributed by atoms with Crippen LogP contribution in [0.25, 0.3) is 0 Å². The molecule has 2 aromatic rings. The zero-order valence-electron chi connectivity index (χ0n) is 18.9. The average Bonchev–Trinajstić information content (AvgIpc) is 2.78. The number of hydrogen-bond donors (Lipinski definition) is 2. The van der Waals surface area contributed by atoms with Crippen LogP contribution in [-0.2, 0) is 14.8 Å². The summed E-state index contributed by atoms with van der Waals surface area (Å²) in [7, 11) is -3.90. The van der Waals surface area contributed by atoms with Crippen molar-refractivity contribution in [3.05, 3.63) is 64.7 Å². The van der Waals surface area contributed by atoms with Gasteiger partial charge >= 0.3 is 5.97 Å². The number of unbranched alkanes of at least 4 members (excludes halogenated alkanes) is 4. The highest BCUT2D eigenvalue weighted by atomic mass is 35.5. The van der Waals surface area contributed by atoms with Crippen LogP contribution < -0.4 is 4.72 Å². The van der Waals surface area contributed by atoms with Gasteiger partial charge in [-0.2, -0.15) is 0 Å². The normalized spacial score (nSPS) is 12.4. The van der Waals surface area contributed by atoms with E-state index >= 15 is 0 Å². The molecule has 0 aromatic heterocycles. The molecule has 0 radical (unpaired) electrons. The Hall–Kier alpha value is -2.22. The first-order valence-corrected chi connectivity index (χ1v) is 13.2. The highest BCUT2D eigenvalue weighted by molar-refractivity contribution is 7.89. The fourth-order valence-corrected chi connectivity index (χ4v) is 5.37. The molecule has 0 saturated heterocycles. The molecule has 0 heterocycles. The first kappa shape index (κ1) is 27.0. The van der Waals surface area contributed by atoms with Crippen molar-refractivity contribution in [2.24, 2.45) is 0 Å². The van der Waals surface area contributed by atoms with Crippen molar-refractivity contribution in [1.29, 1.82) is 0 Å². The van der Waals surface area contributed by atoms with E-state index < -0.39 is 16.0 Å². The van der Waals surface area contributed by atoms with Crippen molar-refractivity contribution in [3.8, 4) is 0 Å². The molecule has 6 nitrogen and oxygen atoms in total. The predicted octanol–water partition coefficient (Wildman–Crippen LogP) is 5.83. The van der Waals surface area contributed by atoms with Crippen LogP contribution in [0.4, 0.5) is 0 Å². The molecule has 0 amide bonds. The van der Waals surface area contributed by atoms with Crippen LogP contribution in [0.15, 0.2) is 53.4 Å². The number of rotatable bonds is 15. The Bertz CT molecular complexity index is 1020. The van der Waals surface area contributed by atoms with Crippen molar-refractivity contribution in [3.63, 3.8) is 0 Å².